The van der Waals surface area contributed by atoms with Gasteiger partial charge in [-0.3, -0.25) is 0 Å². The molecule has 4 rings (SSSR count). The van der Waals surface area contributed by atoms with Crippen molar-refractivity contribution < 1.29 is 41.0 Å². The minimum atomic E-state index is -4.38. The molecule has 0 spiro atoms. The van der Waals surface area contributed by atoms with Crippen LogP contribution in [0.4, 0.5) is 33.3 Å². The van der Waals surface area contributed by atoms with Crippen LogP contribution in [0.3, 0.4) is 0 Å². The van der Waals surface area contributed by atoms with Gasteiger partial charge in [-0.15, -0.1) is 0 Å². The van der Waals surface area contributed by atoms with Crippen LogP contribution in [0, 0.1) is 6.92 Å². The molecule has 0 aliphatic carbocycles. The summed E-state index contributed by atoms with van der Waals surface area (Å²) in [6, 6.07) is 20.4. The van der Waals surface area contributed by atoms with Crippen molar-refractivity contribution >= 4 is 23.4 Å². The molecule has 0 unspecified atom stereocenters. The molecule has 4 aromatic carbocycles. The summed E-state index contributed by atoms with van der Waals surface area (Å²) in [4.78, 5) is 12.4. The smallest absolute Gasteiger partial charge is 0.426 e. The summed E-state index contributed by atoms with van der Waals surface area (Å²) in [6.07, 6.45) is -6.62. The van der Waals surface area contributed by atoms with E-state index in [4.69, 9.17) is 25.7 Å². The topological polar surface area (TPSA) is 96.8 Å². The molecule has 0 heterocycles. The first kappa shape index (κ1) is 31.9. The van der Waals surface area contributed by atoms with E-state index in [9.17, 15) is 26.7 Å². The second-order valence-corrected chi connectivity index (χ2v) is 9.70. The van der Waals surface area contributed by atoms with Crippen molar-refractivity contribution in [3.05, 3.63) is 120 Å². The van der Waals surface area contributed by atoms with Crippen LogP contribution in [0.2, 0.25) is 0 Å². The van der Waals surface area contributed by atoms with E-state index in [0.29, 0.717) is 28.1 Å². The Hall–Kier alpha value is -5.06. The van der Waals surface area contributed by atoms with Crippen LogP contribution >= 0.6 is 0 Å². The van der Waals surface area contributed by atoms with Crippen molar-refractivity contribution in [1.29, 1.82) is 0 Å². The Bertz CT molecular complexity index is 1620. The fourth-order valence-corrected chi connectivity index (χ4v) is 4.12. The Labute approximate surface area is 250 Å². The van der Waals surface area contributed by atoms with Crippen molar-refractivity contribution in [2.24, 2.45) is 0 Å². The lowest BCUT2D eigenvalue weighted by molar-refractivity contribution is -0.185. The van der Waals surface area contributed by atoms with E-state index < -0.39 is 36.8 Å². The van der Waals surface area contributed by atoms with Crippen LogP contribution in [-0.2, 0) is 22.2 Å². The largest absolute Gasteiger partial charge is 0.493 e. The Morgan fingerprint density at radius 1 is 0.795 bits per heavy atom. The van der Waals surface area contributed by atoms with Gasteiger partial charge >= 0.3 is 18.3 Å². The van der Waals surface area contributed by atoms with E-state index in [0.717, 1.165) is 35.4 Å². The highest BCUT2D eigenvalue weighted by molar-refractivity contribution is 5.87. The molecule has 44 heavy (non-hydrogen) atoms. The molecule has 4 N–H and O–H groups in total. The van der Waals surface area contributed by atoms with Crippen molar-refractivity contribution in [1.82, 2.24) is 0 Å². The summed E-state index contributed by atoms with van der Waals surface area (Å²) in [5, 5.41) is 0. The van der Waals surface area contributed by atoms with Crippen LogP contribution in [0.5, 0.6) is 11.5 Å². The number of nitrogen functional groups attached to an aromatic ring is 2. The van der Waals surface area contributed by atoms with Gasteiger partial charge in [0.2, 0.25) is 0 Å². The highest BCUT2D eigenvalue weighted by Crippen LogP contribution is 2.33. The van der Waals surface area contributed by atoms with Crippen molar-refractivity contribution in [2.45, 2.75) is 25.3 Å². The van der Waals surface area contributed by atoms with Crippen molar-refractivity contribution in [2.75, 3.05) is 18.1 Å². The number of halogens is 5. The number of nitrogens with two attached hydrogens (primary N) is 2. The second-order valence-electron chi connectivity index (χ2n) is 9.70. The van der Waals surface area contributed by atoms with Crippen LogP contribution in [-0.4, -0.2) is 18.8 Å². The third-order valence-electron chi connectivity index (χ3n) is 6.30. The van der Waals surface area contributed by atoms with Crippen LogP contribution in [0.25, 0.3) is 17.2 Å². The van der Waals surface area contributed by atoms with E-state index in [1.807, 2.05) is 12.1 Å². The van der Waals surface area contributed by atoms with Gasteiger partial charge in [-0.25, -0.2) is 4.79 Å². The first-order valence-electron chi connectivity index (χ1n) is 13.2. The van der Waals surface area contributed by atoms with E-state index >= 15 is 0 Å². The number of ether oxygens (including phenoxy) is 3. The maximum Gasteiger partial charge on any atom is 0.426 e. The number of rotatable bonds is 11. The molecule has 0 amide bonds. The number of anilines is 2. The van der Waals surface area contributed by atoms with Gasteiger partial charge in [0.15, 0.2) is 0 Å². The Morgan fingerprint density at radius 2 is 1.41 bits per heavy atom. The summed E-state index contributed by atoms with van der Waals surface area (Å²) < 4.78 is 81.2. The average Bonchev–Trinajstić information content (AvgIpc) is 2.96. The third kappa shape index (κ3) is 8.97. The van der Waals surface area contributed by atoms with Gasteiger partial charge in [-0.05, 0) is 101 Å². The molecule has 0 saturated heterocycles. The zero-order chi connectivity index (χ0) is 31.9. The van der Waals surface area contributed by atoms with Gasteiger partial charge in [-0.2, -0.15) is 22.0 Å². The van der Waals surface area contributed by atoms with Crippen LogP contribution in [0.1, 0.15) is 28.7 Å². The van der Waals surface area contributed by atoms with E-state index in [1.165, 1.54) is 36.4 Å². The van der Waals surface area contributed by atoms with Gasteiger partial charge in [0.05, 0.1) is 18.6 Å². The average molecular weight is 612 g/mol. The molecule has 0 saturated carbocycles. The monoisotopic (exact) mass is 611 g/mol. The van der Waals surface area contributed by atoms with E-state index in [1.54, 1.807) is 24.3 Å². The molecular formula is C33H28F5N2O4. The second kappa shape index (κ2) is 13.5. The molecule has 4 aromatic rings. The standard InChI is InChI=1S/C33H28F5N2O4/c1-21-18-25(39)7-13-29(21)30-14-8-26(40)19-23(30)20-43-31(41)15-4-22-2-9-28(10-3-22)44-33(37,38)24-5-11-27(12-6-24)42-17-16-32(34,35)36/h2-15,18-19H,1,16-17,20,39-40H2/b15-4+. The van der Waals surface area contributed by atoms with Gasteiger partial charge in [-0.1, -0.05) is 24.3 Å². The molecule has 1 radical (unpaired) electrons. The predicted octanol–water partition coefficient (Wildman–Crippen LogP) is 7.92. The van der Waals surface area contributed by atoms with E-state index in [-0.39, 0.29) is 18.1 Å². The molecule has 0 aliphatic heterocycles. The minimum Gasteiger partial charge on any atom is -0.493 e. The molecule has 6 nitrogen and oxygen atoms in total. The van der Waals surface area contributed by atoms with E-state index in [2.05, 4.69) is 6.92 Å². The van der Waals surface area contributed by atoms with Gasteiger partial charge in [0.1, 0.15) is 18.1 Å². The molecule has 0 fully saturated rings. The van der Waals surface area contributed by atoms with Gasteiger partial charge in [0, 0.05) is 17.5 Å². The highest BCUT2D eigenvalue weighted by Gasteiger charge is 2.34. The number of benzene rings is 4. The summed E-state index contributed by atoms with van der Waals surface area (Å²) in [7, 11) is 0. The molecule has 0 aromatic heterocycles. The normalized spacial score (nSPS) is 11.9. The fraction of sp³-hybridized carbons (Fsp3) is 0.152. The SMILES string of the molecule is [CH2]c1cc(N)ccc1-c1ccc(N)cc1COC(=O)/C=C/c1ccc(OC(F)(F)c2ccc(OCCC(F)(F)F)cc2)cc1. The Kier molecular flexibility index (Phi) is 9.77. The summed E-state index contributed by atoms with van der Waals surface area (Å²) in [6.45, 7) is 3.34. The number of carbonyl (C=O) groups excluding carboxylic acids is 1. The van der Waals surface area contributed by atoms with Gasteiger partial charge < -0.3 is 25.7 Å². The molecular weight excluding hydrogens is 583 g/mol. The number of alkyl halides is 5. The molecule has 0 aliphatic rings. The third-order valence-corrected chi connectivity index (χ3v) is 6.30. The van der Waals surface area contributed by atoms with Crippen molar-refractivity contribution in [3.8, 4) is 22.6 Å². The molecule has 0 bridgehead atoms. The Morgan fingerprint density at radius 3 is 2.05 bits per heavy atom. The summed E-state index contributed by atoms with van der Waals surface area (Å²) in [5.41, 5.74) is 15.8. The lowest BCUT2D eigenvalue weighted by atomic mass is 9.95. The predicted molar refractivity (Wildman–Crippen MR) is 158 cm³/mol. The molecule has 11 heteroatoms. The first-order valence-corrected chi connectivity index (χ1v) is 13.2. The number of hydrogen-bond donors (Lipinski definition) is 2. The lowest BCUT2D eigenvalue weighted by Gasteiger charge is -2.18. The van der Waals surface area contributed by atoms with Gasteiger partial charge in [0.25, 0.3) is 0 Å². The number of carbonyl (C=O) groups is 1. The maximum absolute atomic E-state index is 14.7. The number of hydrogen-bond acceptors (Lipinski definition) is 6. The Balaban J connectivity index is 1.33. The fourth-order valence-electron chi connectivity index (χ4n) is 4.12. The van der Waals surface area contributed by atoms with Crippen LogP contribution < -0.4 is 20.9 Å². The lowest BCUT2D eigenvalue weighted by Crippen LogP contribution is -2.21. The minimum absolute atomic E-state index is 0.0195. The quantitative estimate of drug-likeness (QED) is 0.0774. The van der Waals surface area contributed by atoms with Crippen LogP contribution in [0.15, 0.2) is 91.0 Å². The highest BCUT2D eigenvalue weighted by atomic mass is 19.4. The maximum atomic E-state index is 14.7. The summed E-state index contributed by atoms with van der Waals surface area (Å²) >= 11 is 0. The zero-order valence-electron chi connectivity index (χ0n) is 23.2. The zero-order valence-corrected chi connectivity index (χ0v) is 23.2. The molecule has 0 atom stereocenters. The first-order chi connectivity index (χ1) is 20.8. The van der Waals surface area contributed by atoms with Crippen molar-refractivity contribution in [3.63, 3.8) is 0 Å². The summed E-state index contributed by atoms with van der Waals surface area (Å²) in [5.74, 6) is -0.767. The molecule has 229 valence electrons. The number of esters is 1.